The van der Waals surface area contributed by atoms with E-state index in [-0.39, 0.29) is 17.8 Å². The Kier molecular flexibility index (Phi) is 8.12. The molecule has 0 unspecified atom stereocenters. The summed E-state index contributed by atoms with van der Waals surface area (Å²) in [5.74, 6) is 0.677. The Morgan fingerprint density at radius 1 is 0.842 bits per heavy atom. The number of fused-ring (bicyclic) bond motifs is 1. The molecule has 0 radical (unpaired) electrons. The molecule has 6 nitrogen and oxygen atoms in total. The quantitative estimate of drug-likeness (QED) is 0.176. The van der Waals surface area contributed by atoms with E-state index >= 15 is 0 Å². The molecule has 2 heterocycles. The summed E-state index contributed by atoms with van der Waals surface area (Å²) in [6.45, 7) is 1.76. The normalized spacial score (nSPS) is 12.2. The maximum Gasteiger partial charge on any atom is 0.418 e. The van der Waals surface area contributed by atoms with Gasteiger partial charge in [-0.05, 0) is 75.1 Å². The molecular weight excluding hydrogens is 510 g/mol. The van der Waals surface area contributed by atoms with E-state index in [0.29, 0.717) is 34.8 Å². The number of anilines is 2. The Labute approximate surface area is 214 Å². The molecule has 2 aromatic carbocycles. The Hall–Kier alpha value is -3.77. The van der Waals surface area contributed by atoms with Gasteiger partial charge in [-0.3, -0.25) is 4.98 Å². The van der Waals surface area contributed by atoms with Crippen molar-refractivity contribution in [1.82, 2.24) is 25.6 Å². The number of aromatic nitrogens is 3. The van der Waals surface area contributed by atoms with Crippen molar-refractivity contribution in [3.05, 3.63) is 77.7 Å². The van der Waals surface area contributed by atoms with Crippen molar-refractivity contribution >= 4 is 22.4 Å². The van der Waals surface area contributed by atoms with Gasteiger partial charge in [-0.25, -0.2) is 9.97 Å². The molecule has 0 amide bonds. The largest absolute Gasteiger partial charge is 0.418 e. The molecule has 0 fully saturated rings. The molecule has 200 valence electrons. The summed E-state index contributed by atoms with van der Waals surface area (Å²) in [5, 5.41) is 9.76. The molecule has 0 atom stereocenters. The number of hydrogen-bond donors (Lipinski definition) is 3. The standard InChI is InChI=1S/C26H24F6N6/c1-33-11-3-12-34-15-22-37-21-14-16(23-20(26(30,31)32)4-2-13-35-23)5-10-19(21)24(38-22)36-18-8-6-17(7-9-18)25(27,28)29/h2,4-10,13-14,33-34H,3,11-12,15H2,1H3,(H,36,37,38). The molecular formula is C26H24F6N6. The van der Waals surface area contributed by atoms with Gasteiger partial charge in [0.15, 0.2) is 0 Å². The number of rotatable bonds is 9. The first-order valence-electron chi connectivity index (χ1n) is 11.7. The number of pyridine rings is 1. The SMILES string of the molecule is CNCCCNCc1nc(Nc2ccc(C(F)(F)F)cc2)c2ccc(-c3ncccc3C(F)(F)F)cc2n1. The first-order chi connectivity index (χ1) is 18.1. The summed E-state index contributed by atoms with van der Waals surface area (Å²) in [5.41, 5.74) is -0.954. The van der Waals surface area contributed by atoms with Crippen LogP contribution < -0.4 is 16.0 Å². The van der Waals surface area contributed by atoms with Crippen LogP contribution in [-0.2, 0) is 18.9 Å². The molecule has 0 bridgehead atoms. The van der Waals surface area contributed by atoms with E-state index in [1.165, 1.54) is 36.5 Å². The monoisotopic (exact) mass is 534 g/mol. The van der Waals surface area contributed by atoms with Crippen LogP contribution in [0.3, 0.4) is 0 Å². The van der Waals surface area contributed by atoms with E-state index in [1.54, 1.807) is 6.07 Å². The predicted molar refractivity (Wildman–Crippen MR) is 133 cm³/mol. The van der Waals surface area contributed by atoms with Crippen LogP contribution in [-0.4, -0.2) is 35.1 Å². The second-order valence-electron chi connectivity index (χ2n) is 8.45. The smallest absolute Gasteiger partial charge is 0.340 e. The van der Waals surface area contributed by atoms with Gasteiger partial charge in [-0.15, -0.1) is 0 Å². The van der Waals surface area contributed by atoms with Crippen molar-refractivity contribution in [1.29, 1.82) is 0 Å². The molecule has 38 heavy (non-hydrogen) atoms. The van der Waals surface area contributed by atoms with Gasteiger partial charge in [0.05, 0.1) is 28.9 Å². The Morgan fingerprint density at radius 3 is 2.29 bits per heavy atom. The summed E-state index contributed by atoms with van der Waals surface area (Å²) < 4.78 is 79.6. The van der Waals surface area contributed by atoms with E-state index in [2.05, 4.69) is 30.9 Å². The van der Waals surface area contributed by atoms with Crippen LogP contribution >= 0.6 is 0 Å². The second-order valence-corrected chi connectivity index (χ2v) is 8.45. The summed E-state index contributed by atoms with van der Waals surface area (Å²) in [4.78, 5) is 13.0. The lowest BCUT2D eigenvalue weighted by molar-refractivity contribution is -0.138. The van der Waals surface area contributed by atoms with E-state index in [0.717, 1.165) is 31.2 Å². The number of nitrogens with one attached hydrogen (secondary N) is 3. The van der Waals surface area contributed by atoms with Crippen LogP contribution in [0.2, 0.25) is 0 Å². The van der Waals surface area contributed by atoms with Crippen LogP contribution in [0.25, 0.3) is 22.2 Å². The Balaban J connectivity index is 1.73. The van der Waals surface area contributed by atoms with Gasteiger partial charge in [-0.2, -0.15) is 26.3 Å². The van der Waals surface area contributed by atoms with E-state index in [9.17, 15) is 26.3 Å². The lowest BCUT2D eigenvalue weighted by atomic mass is 10.0. The van der Waals surface area contributed by atoms with Gasteiger partial charge in [0.25, 0.3) is 0 Å². The Bertz CT molecular complexity index is 1390. The molecule has 3 N–H and O–H groups in total. The molecule has 4 aromatic rings. The van der Waals surface area contributed by atoms with E-state index < -0.39 is 23.5 Å². The maximum atomic E-state index is 13.6. The minimum atomic E-state index is -4.60. The van der Waals surface area contributed by atoms with E-state index in [4.69, 9.17) is 0 Å². The lowest BCUT2D eigenvalue weighted by Crippen LogP contribution is -2.20. The third-order valence-electron chi connectivity index (χ3n) is 5.67. The predicted octanol–water partition coefficient (Wildman–Crippen LogP) is 6.17. The maximum absolute atomic E-state index is 13.6. The number of benzene rings is 2. The molecule has 0 spiro atoms. The highest BCUT2D eigenvalue weighted by Crippen LogP contribution is 2.37. The van der Waals surface area contributed by atoms with Gasteiger partial charge in [-0.1, -0.05) is 6.07 Å². The topological polar surface area (TPSA) is 74.8 Å². The van der Waals surface area contributed by atoms with Crippen molar-refractivity contribution in [3.8, 4) is 11.3 Å². The van der Waals surface area contributed by atoms with E-state index in [1.807, 2.05) is 7.05 Å². The highest BCUT2D eigenvalue weighted by atomic mass is 19.4. The van der Waals surface area contributed by atoms with Gasteiger partial charge in [0.2, 0.25) is 0 Å². The lowest BCUT2D eigenvalue weighted by Gasteiger charge is -2.15. The number of alkyl halides is 6. The zero-order valence-corrected chi connectivity index (χ0v) is 20.2. The van der Waals surface area contributed by atoms with Gasteiger partial charge < -0.3 is 16.0 Å². The summed E-state index contributed by atoms with van der Waals surface area (Å²) >= 11 is 0. The molecule has 0 aliphatic heterocycles. The molecule has 12 heteroatoms. The Morgan fingerprint density at radius 2 is 1.61 bits per heavy atom. The molecule has 4 rings (SSSR count). The number of nitrogens with zero attached hydrogens (tertiary/aromatic N) is 3. The minimum absolute atomic E-state index is 0.220. The molecule has 0 saturated heterocycles. The second kappa shape index (κ2) is 11.3. The zero-order valence-electron chi connectivity index (χ0n) is 20.2. The highest BCUT2D eigenvalue weighted by molar-refractivity contribution is 5.93. The first-order valence-corrected chi connectivity index (χ1v) is 11.7. The molecule has 0 aliphatic carbocycles. The van der Waals surface area contributed by atoms with Crippen molar-refractivity contribution in [2.75, 3.05) is 25.5 Å². The van der Waals surface area contributed by atoms with Crippen molar-refractivity contribution in [3.63, 3.8) is 0 Å². The van der Waals surface area contributed by atoms with Crippen LogP contribution in [0.1, 0.15) is 23.4 Å². The summed E-state index contributed by atoms with van der Waals surface area (Å²) in [6, 6.07) is 11.2. The summed E-state index contributed by atoms with van der Waals surface area (Å²) in [6.07, 6.45) is -6.93. The third kappa shape index (κ3) is 6.56. The average Bonchev–Trinajstić information content (AvgIpc) is 2.87. The van der Waals surface area contributed by atoms with Gasteiger partial charge >= 0.3 is 12.4 Å². The molecule has 0 saturated carbocycles. The number of halogens is 6. The van der Waals surface area contributed by atoms with Gasteiger partial charge in [0, 0.05) is 22.8 Å². The van der Waals surface area contributed by atoms with Crippen LogP contribution in [0, 0.1) is 0 Å². The first kappa shape index (κ1) is 27.3. The fourth-order valence-electron chi connectivity index (χ4n) is 3.83. The molecule has 0 aliphatic rings. The zero-order chi connectivity index (χ0) is 27.3. The summed E-state index contributed by atoms with van der Waals surface area (Å²) in [7, 11) is 1.84. The highest BCUT2D eigenvalue weighted by Gasteiger charge is 2.34. The average molecular weight is 535 g/mol. The van der Waals surface area contributed by atoms with Gasteiger partial charge in [0.1, 0.15) is 11.6 Å². The number of hydrogen-bond acceptors (Lipinski definition) is 6. The molecule has 2 aromatic heterocycles. The third-order valence-corrected chi connectivity index (χ3v) is 5.67. The van der Waals surface area contributed by atoms with Crippen molar-refractivity contribution in [2.45, 2.75) is 25.3 Å². The minimum Gasteiger partial charge on any atom is -0.340 e. The fourth-order valence-corrected chi connectivity index (χ4v) is 3.83. The van der Waals surface area contributed by atoms with Crippen LogP contribution in [0.5, 0.6) is 0 Å². The van der Waals surface area contributed by atoms with Crippen LogP contribution in [0.15, 0.2) is 60.8 Å². The van der Waals surface area contributed by atoms with Crippen molar-refractivity contribution in [2.24, 2.45) is 0 Å². The van der Waals surface area contributed by atoms with Crippen molar-refractivity contribution < 1.29 is 26.3 Å². The fraction of sp³-hybridized carbons (Fsp3) is 0.269. The van der Waals surface area contributed by atoms with Crippen LogP contribution in [0.4, 0.5) is 37.8 Å².